The molecule has 25 heavy (non-hydrogen) atoms. The lowest BCUT2D eigenvalue weighted by Crippen LogP contribution is -2.34. The van der Waals surface area contributed by atoms with Gasteiger partial charge in [-0.05, 0) is 18.5 Å². The van der Waals surface area contributed by atoms with E-state index >= 15 is 0 Å². The number of carbonyl (C=O) groups excluding carboxylic acids is 2. The van der Waals surface area contributed by atoms with Gasteiger partial charge in [-0.25, -0.2) is 0 Å². The Morgan fingerprint density at radius 2 is 1.76 bits per heavy atom. The van der Waals surface area contributed by atoms with Crippen molar-refractivity contribution in [3.63, 3.8) is 0 Å². The molecule has 0 radical (unpaired) electrons. The number of amides is 1. The van der Waals surface area contributed by atoms with E-state index in [2.05, 4.69) is 10.2 Å². The van der Waals surface area contributed by atoms with Crippen LogP contribution in [0.4, 0.5) is 0 Å². The van der Waals surface area contributed by atoms with E-state index < -0.39 is 0 Å². The minimum Gasteiger partial charge on any atom is -0.352 e. The molecule has 1 saturated heterocycles. The molecule has 138 valence electrons. The molecule has 0 unspecified atom stereocenters. The number of ketones is 1. The van der Waals surface area contributed by atoms with Crippen molar-refractivity contribution < 1.29 is 9.59 Å². The molecule has 2 rings (SSSR count). The topological polar surface area (TPSA) is 49.4 Å². The van der Waals surface area contributed by atoms with Crippen molar-refractivity contribution in [2.45, 2.75) is 40.2 Å². The van der Waals surface area contributed by atoms with Crippen LogP contribution in [0.2, 0.25) is 0 Å². The first kappa shape index (κ1) is 20.0. The summed E-state index contributed by atoms with van der Waals surface area (Å²) in [5.41, 5.74) is 1.39. The minimum atomic E-state index is -0.386. The predicted molar refractivity (Wildman–Crippen MR) is 105 cm³/mol. The van der Waals surface area contributed by atoms with E-state index in [0.29, 0.717) is 13.0 Å². The molecule has 0 aliphatic carbocycles. The first-order chi connectivity index (χ1) is 11.9. The van der Waals surface area contributed by atoms with Gasteiger partial charge < -0.3 is 10.2 Å². The average Bonchev–Trinajstić information content (AvgIpc) is 2.60. The van der Waals surface area contributed by atoms with Crippen LogP contribution in [-0.2, 0) is 11.3 Å². The second-order valence-corrected chi connectivity index (χ2v) is 8.84. The molecule has 1 amide bonds. The van der Waals surface area contributed by atoms with Crippen LogP contribution in [0.15, 0.2) is 24.3 Å². The molecule has 1 aliphatic heterocycles. The summed E-state index contributed by atoms with van der Waals surface area (Å²) in [5, 5.41) is 2.93. The highest BCUT2D eigenvalue weighted by molar-refractivity contribution is 7.99. The maximum Gasteiger partial charge on any atom is 0.225 e. The largest absolute Gasteiger partial charge is 0.352 e. The zero-order valence-electron chi connectivity index (χ0n) is 15.6. The standard InChI is InChI=1S/C20H30N2O2S/c1-20(2,3)19(24)21-15-16-6-8-17(9-7-16)18(23)5-4-10-22-11-13-25-14-12-22/h6-9H,4-5,10-15H2,1-3H3,(H,21,24). The number of hydrogen-bond donors (Lipinski definition) is 1. The van der Waals surface area contributed by atoms with Crippen molar-refractivity contribution in [3.8, 4) is 0 Å². The molecule has 1 fully saturated rings. The number of rotatable bonds is 7. The van der Waals surface area contributed by atoms with E-state index in [-0.39, 0.29) is 17.1 Å². The van der Waals surface area contributed by atoms with Crippen LogP contribution in [-0.4, -0.2) is 47.7 Å². The lowest BCUT2D eigenvalue weighted by atomic mass is 9.95. The zero-order valence-corrected chi connectivity index (χ0v) is 16.5. The minimum absolute atomic E-state index is 0.0313. The molecule has 1 heterocycles. The van der Waals surface area contributed by atoms with Gasteiger partial charge in [0.2, 0.25) is 5.91 Å². The van der Waals surface area contributed by atoms with Gasteiger partial charge in [0.15, 0.2) is 5.78 Å². The Kier molecular flexibility index (Phi) is 7.51. The third-order valence-corrected chi connectivity index (χ3v) is 5.33. The summed E-state index contributed by atoms with van der Waals surface area (Å²) in [6, 6.07) is 7.60. The summed E-state index contributed by atoms with van der Waals surface area (Å²) in [6.07, 6.45) is 1.52. The van der Waals surface area contributed by atoms with Crippen molar-refractivity contribution in [1.82, 2.24) is 10.2 Å². The number of hydrogen-bond acceptors (Lipinski definition) is 4. The predicted octanol–water partition coefficient (Wildman–Crippen LogP) is 3.36. The summed E-state index contributed by atoms with van der Waals surface area (Å²) >= 11 is 2.01. The number of benzene rings is 1. The van der Waals surface area contributed by atoms with Crippen LogP contribution in [0, 0.1) is 5.41 Å². The van der Waals surface area contributed by atoms with Gasteiger partial charge in [-0.3, -0.25) is 9.59 Å². The fraction of sp³-hybridized carbons (Fsp3) is 0.600. The van der Waals surface area contributed by atoms with Crippen LogP contribution >= 0.6 is 11.8 Å². The van der Waals surface area contributed by atoms with E-state index in [9.17, 15) is 9.59 Å². The molecule has 1 aromatic rings. The third kappa shape index (κ3) is 6.83. The van der Waals surface area contributed by atoms with Gasteiger partial charge in [0.25, 0.3) is 0 Å². The third-order valence-electron chi connectivity index (χ3n) is 4.39. The van der Waals surface area contributed by atoms with Gasteiger partial charge in [0.1, 0.15) is 0 Å². The summed E-state index contributed by atoms with van der Waals surface area (Å²) in [4.78, 5) is 26.6. The first-order valence-electron chi connectivity index (χ1n) is 9.07. The van der Waals surface area contributed by atoms with Crippen LogP contribution in [0.1, 0.15) is 49.5 Å². The van der Waals surface area contributed by atoms with Crippen molar-refractivity contribution in [2.75, 3.05) is 31.1 Å². The van der Waals surface area contributed by atoms with Crippen LogP contribution in [0.25, 0.3) is 0 Å². The molecular weight excluding hydrogens is 332 g/mol. The number of carbonyl (C=O) groups is 2. The van der Waals surface area contributed by atoms with Crippen molar-refractivity contribution >= 4 is 23.5 Å². The summed E-state index contributed by atoms with van der Waals surface area (Å²) < 4.78 is 0. The van der Waals surface area contributed by atoms with Gasteiger partial charge in [-0.15, -0.1) is 0 Å². The molecule has 0 spiro atoms. The molecule has 1 N–H and O–H groups in total. The van der Waals surface area contributed by atoms with Gasteiger partial charge in [0, 0.05) is 48.5 Å². The Morgan fingerprint density at radius 1 is 1.12 bits per heavy atom. The molecular formula is C20H30N2O2S. The lowest BCUT2D eigenvalue weighted by Gasteiger charge is -2.25. The summed E-state index contributed by atoms with van der Waals surface area (Å²) in [6.45, 7) is 9.49. The molecule has 0 saturated carbocycles. The van der Waals surface area contributed by atoms with E-state index in [4.69, 9.17) is 0 Å². The van der Waals surface area contributed by atoms with Gasteiger partial charge in [-0.1, -0.05) is 45.0 Å². The number of thioether (sulfide) groups is 1. The van der Waals surface area contributed by atoms with Crippen LogP contribution < -0.4 is 5.32 Å². The first-order valence-corrected chi connectivity index (χ1v) is 10.2. The molecule has 1 aliphatic rings. The highest BCUT2D eigenvalue weighted by Gasteiger charge is 2.20. The number of Topliss-reactive ketones (excluding diaryl/α,β-unsaturated/α-hetero) is 1. The van der Waals surface area contributed by atoms with E-state index in [0.717, 1.165) is 37.2 Å². The van der Waals surface area contributed by atoms with Gasteiger partial charge in [0.05, 0.1) is 0 Å². The smallest absolute Gasteiger partial charge is 0.225 e. The monoisotopic (exact) mass is 362 g/mol. The van der Waals surface area contributed by atoms with E-state index in [1.54, 1.807) is 0 Å². The Hall–Kier alpha value is -1.33. The maximum absolute atomic E-state index is 12.3. The molecule has 4 nitrogen and oxygen atoms in total. The second-order valence-electron chi connectivity index (χ2n) is 7.61. The lowest BCUT2D eigenvalue weighted by molar-refractivity contribution is -0.128. The maximum atomic E-state index is 12.3. The number of nitrogens with zero attached hydrogens (tertiary/aromatic N) is 1. The molecule has 5 heteroatoms. The second kappa shape index (κ2) is 9.39. The Labute approximate surface area is 155 Å². The van der Waals surface area contributed by atoms with Crippen molar-refractivity contribution in [3.05, 3.63) is 35.4 Å². The Balaban J connectivity index is 1.74. The highest BCUT2D eigenvalue weighted by Crippen LogP contribution is 2.14. The normalized spacial score (nSPS) is 15.8. The van der Waals surface area contributed by atoms with Crippen LogP contribution in [0.5, 0.6) is 0 Å². The molecule has 0 bridgehead atoms. The molecule has 0 aromatic heterocycles. The van der Waals surface area contributed by atoms with E-state index in [1.807, 2.05) is 56.8 Å². The Morgan fingerprint density at radius 3 is 2.36 bits per heavy atom. The summed E-state index contributed by atoms with van der Waals surface area (Å²) in [7, 11) is 0. The zero-order chi connectivity index (χ0) is 18.3. The van der Waals surface area contributed by atoms with Gasteiger partial charge >= 0.3 is 0 Å². The Bertz CT molecular complexity index is 572. The molecule has 0 atom stereocenters. The number of nitrogens with one attached hydrogen (secondary N) is 1. The van der Waals surface area contributed by atoms with Crippen molar-refractivity contribution in [2.24, 2.45) is 5.41 Å². The fourth-order valence-electron chi connectivity index (χ4n) is 2.69. The van der Waals surface area contributed by atoms with Crippen molar-refractivity contribution in [1.29, 1.82) is 0 Å². The summed E-state index contributed by atoms with van der Waals surface area (Å²) in [5.74, 6) is 2.66. The fourth-order valence-corrected chi connectivity index (χ4v) is 3.67. The molecule has 1 aromatic carbocycles. The quantitative estimate of drug-likeness (QED) is 0.756. The average molecular weight is 363 g/mol. The highest BCUT2D eigenvalue weighted by atomic mass is 32.2. The van der Waals surface area contributed by atoms with Gasteiger partial charge in [-0.2, -0.15) is 11.8 Å². The van der Waals surface area contributed by atoms with Crippen LogP contribution in [0.3, 0.4) is 0 Å². The van der Waals surface area contributed by atoms with E-state index in [1.165, 1.54) is 11.5 Å². The SMILES string of the molecule is CC(C)(C)C(=O)NCc1ccc(C(=O)CCCN2CCSCC2)cc1.